The Morgan fingerprint density at radius 2 is 1.63 bits per heavy atom. The van der Waals surface area contributed by atoms with E-state index in [1.807, 2.05) is 40.7 Å². The van der Waals surface area contributed by atoms with Crippen LogP contribution in [0.5, 0.6) is 5.75 Å². The second kappa shape index (κ2) is 10.3. The predicted octanol–water partition coefficient (Wildman–Crippen LogP) is 7.08. The number of aliphatic hydroxyl groups is 3. The number of rotatable bonds is 6. The summed E-state index contributed by atoms with van der Waals surface area (Å²) in [4.78, 5) is 41.0. The molecule has 2 unspecified atom stereocenters. The molecule has 0 saturated carbocycles. The minimum atomic E-state index is -2.60. The van der Waals surface area contributed by atoms with Crippen molar-refractivity contribution in [1.29, 1.82) is 0 Å². The van der Waals surface area contributed by atoms with Crippen LogP contribution in [0.25, 0.3) is 0 Å². The highest BCUT2D eigenvalue weighted by Crippen LogP contribution is 2.65. The lowest BCUT2D eigenvalue weighted by Crippen LogP contribution is -2.67. The van der Waals surface area contributed by atoms with E-state index >= 15 is 0 Å². The normalized spacial score (nSPS) is 30.0. The number of fused-ring (bicyclic) bond motifs is 3. The maximum Gasteiger partial charge on any atom is 0.209 e. The SMILES string of the molecule is CC(=O)C1=C(O)C(C(C)C)[C@@]2(C)C[C@@]3(C)Cc4c(C(C)C)cc(CCC(C)C(C)(C)C)c(O)c4C(=O)C3=C(O)[C@@]2(O)C1=O. The fraction of sp³-hybridized carbons (Fsp3) is 0.639. The molecule has 5 atom stereocenters. The summed E-state index contributed by atoms with van der Waals surface area (Å²) in [6, 6.07) is 2.01. The number of aromatic hydroxyl groups is 1. The summed E-state index contributed by atoms with van der Waals surface area (Å²) in [7, 11) is 0. The summed E-state index contributed by atoms with van der Waals surface area (Å²) < 4.78 is 0. The van der Waals surface area contributed by atoms with Crippen LogP contribution in [0.2, 0.25) is 0 Å². The Labute approximate surface area is 256 Å². The van der Waals surface area contributed by atoms with Crippen LogP contribution in [0.4, 0.5) is 0 Å². The van der Waals surface area contributed by atoms with Gasteiger partial charge in [-0.25, -0.2) is 0 Å². The zero-order chi connectivity index (χ0) is 32.8. The standard InChI is InChI=1S/C36H50O7/c1-17(2)22-14-21(13-12-19(5)33(7,8)9)28(38)25-23(22)15-34(10)16-35(11)26(18(3)4)29(39)24(20(6)37)31(41)36(35,43)32(42)27(34)30(25)40/h14,17-19,26,38-39,42-43H,12-13,15-16H2,1-11H3/t19?,26?,34-,35-,36+/m1/s1. The molecule has 43 heavy (non-hydrogen) atoms. The highest BCUT2D eigenvalue weighted by atomic mass is 16.3. The van der Waals surface area contributed by atoms with E-state index in [0.29, 0.717) is 29.9 Å². The van der Waals surface area contributed by atoms with Gasteiger partial charge in [0.1, 0.15) is 22.8 Å². The molecule has 0 aromatic heterocycles. The minimum Gasteiger partial charge on any atom is -0.511 e. The monoisotopic (exact) mass is 594 g/mol. The molecule has 4 rings (SSSR count). The fourth-order valence-electron chi connectivity index (χ4n) is 8.40. The van der Waals surface area contributed by atoms with Crippen molar-refractivity contribution in [1.82, 2.24) is 0 Å². The molecule has 0 saturated heterocycles. The van der Waals surface area contributed by atoms with Crippen LogP contribution in [0.3, 0.4) is 0 Å². The zero-order valence-corrected chi connectivity index (χ0v) is 27.7. The maximum absolute atomic E-state index is 14.5. The number of allylic oxidation sites excluding steroid dienone is 2. The second-order valence-electron chi connectivity index (χ2n) is 15.7. The summed E-state index contributed by atoms with van der Waals surface area (Å²) in [6.07, 6.45) is 1.76. The summed E-state index contributed by atoms with van der Waals surface area (Å²) in [5.41, 5.74) is -3.18. The van der Waals surface area contributed by atoms with Gasteiger partial charge in [0.25, 0.3) is 0 Å². The zero-order valence-electron chi connectivity index (χ0n) is 27.7. The van der Waals surface area contributed by atoms with Crippen molar-refractivity contribution < 1.29 is 34.8 Å². The van der Waals surface area contributed by atoms with Crippen LogP contribution in [-0.4, -0.2) is 43.4 Å². The van der Waals surface area contributed by atoms with Crippen molar-refractivity contribution in [3.8, 4) is 5.75 Å². The highest BCUT2D eigenvalue weighted by Gasteiger charge is 2.71. The number of ketones is 3. The molecule has 7 nitrogen and oxygen atoms in total. The number of hydrogen-bond donors (Lipinski definition) is 4. The van der Waals surface area contributed by atoms with Gasteiger partial charge >= 0.3 is 0 Å². The number of phenols is 1. The van der Waals surface area contributed by atoms with Gasteiger partial charge in [0, 0.05) is 22.3 Å². The van der Waals surface area contributed by atoms with Crippen LogP contribution >= 0.6 is 0 Å². The summed E-state index contributed by atoms with van der Waals surface area (Å²) >= 11 is 0. The van der Waals surface area contributed by atoms with E-state index in [2.05, 4.69) is 27.7 Å². The van der Waals surface area contributed by atoms with Gasteiger partial charge in [-0.1, -0.05) is 75.3 Å². The topological polar surface area (TPSA) is 132 Å². The van der Waals surface area contributed by atoms with E-state index in [1.165, 1.54) is 0 Å². The van der Waals surface area contributed by atoms with E-state index in [1.54, 1.807) is 6.92 Å². The first-order valence-corrected chi connectivity index (χ1v) is 15.6. The Kier molecular flexibility index (Phi) is 7.91. The third kappa shape index (κ3) is 4.60. The number of phenolic OH excluding ortho intramolecular Hbond substituents is 1. The number of carbonyl (C=O) groups excluding carboxylic acids is 3. The van der Waals surface area contributed by atoms with Gasteiger partial charge in [0.15, 0.2) is 17.2 Å². The van der Waals surface area contributed by atoms with Gasteiger partial charge < -0.3 is 20.4 Å². The Morgan fingerprint density at radius 3 is 2.12 bits per heavy atom. The third-order valence-corrected chi connectivity index (χ3v) is 11.1. The van der Waals surface area contributed by atoms with Crippen molar-refractivity contribution in [2.45, 2.75) is 113 Å². The lowest BCUT2D eigenvalue weighted by Gasteiger charge is -2.59. The van der Waals surface area contributed by atoms with Crippen LogP contribution in [-0.2, 0) is 22.4 Å². The molecule has 7 heteroatoms. The molecular weight excluding hydrogens is 544 g/mol. The van der Waals surface area contributed by atoms with Gasteiger partial charge in [-0.15, -0.1) is 0 Å². The van der Waals surface area contributed by atoms with E-state index in [9.17, 15) is 34.8 Å². The molecule has 0 spiro atoms. The molecular formula is C36H50O7. The maximum atomic E-state index is 14.5. The summed E-state index contributed by atoms with van der Waals surface area (Å²) in [5.74, 6) is -4.45. The van der Waals surface area contributed by atoms with E-state index in [4.69, 9.17) is 0 Å². The van der Waals surface area contributed by atoms with Crippen molar-refractivity contribution >= 4 is 17.3 Å². The molecule has 4 N–H and O–H groups in total. The van der Waals surface area contributed by atoms with Crippen molar-refractivity contribution in [3.63, 3.8) is 0 Å². The van der Waals surface area contributed by atoms with Crippen LogP contribution < -0.4 is 0 Å². The quantitative estimate of drug-likeness (QED) is 0.259. The molecule has 3 aliphatic carbocycles. The van der Waals surface area contributed by atoms with E-state index < -0.39 is 51.0 Å². The second-order valence-corrected chi connectivity index (χ2v) is 15.7. The van der Waals surface area contributed by atoms with Crippen molar-refractivity contribution in [2.24, 2.45) is 34.0 Å². The van der Waals surface area contributed by atoms with Crippen LogP contribution in [0.15, 0.2) is 28.7 Å². The summed E-state index contributed by atoms with van der Waals surface area (Å²) in [6.45, 7) is 21.1. The highest BCUT2D eigenvalue weighted by molar-refractivity contribution is 6.25. The van der Waals surface area contributed by atoms with Gasteiger partial charge in [0.2, 0.25) is 5.78 Å². The number of carbonyl (C=O) groups is 3. The van der Waals surface area contributed by atoms with Crippen molar-refractivity contribution in [2.75, 3.05) is 0 Å². The third-order valence-electron chi connectivity index (χ3n) is 11.1. The average Bonchev–Trinajstić information content (AvgIpc) is 2.84. The van der Waals surface area contributed by atoms with Crippen LogP contribution in [0.1, 0.15) is 122 Å². The molecule has 236 valence electrons. The Hall–Kier alpha value is -2.93. The molecule has 0 radical (unpaired) electrons. The molecule has 0 amide bonds. The first-order chi connectivity index (χ1) is 19.6. The Balaban J connectivity index is 1.99. The van der Waals surface area contributed by atoms with Gasteiger partial charge in [-0.3, -0.25) is 14.4 Å². The average molecular weight is 595 g/mol. The van der Waals surface area contributed by atoms with Gasteiger partial charge in [-0.2, -0.15) is 0 Å². The lowest BCUT2D eigenvalue weighted by atomic mass is 9.44. The minimum absolute atomic E-state index is 0.0459. The Bertz CT molecular complexity index is 1470. The summed E-state index contributed by atoms with van der Waals surface area (Å²) in [5, 5.41) is 47.1. The molecule has 1 aromatic carbocycles. The number of aliphatic hydroxyl groups excluding tert-OH is 2. The Morgan fingerprint density at radius 1 is 1.05 bits per heavy atom. The molecule has 0 bridgehead atoms. The molecule has 0 fully saturated rings. The molecule has 0 aliphatic heterocycles. The van der Waals surface area contributed by atoms with E-state index in [0.717, 1.165) is 18.9 Å². The molecule has 1 aromatic rings. The fourth-order valence-corrected chi connectivity index (χ4v) is 8.40. The molecule has 0 heterocycles. The first kappa shape index (κ1) is 33.0. The molecule has 3 aliphatic rings. The lowest BCUT2D eigenvalue weighted by molar-refractivity contribution is -0.171. The van der Waals surface area contributed by atoms with Gasteiger partial charge in [0.05, 0.1) is 5.56 Å². The predicted molar refractivity (Wildman–Crippen MR) is 166 cm³/mol. The first-order valence-electron chi connectivity index (χ1n) is 15.6. The number of Topliss-reactive ketones (excluding diaryl/α,β-unsaturated/α-hetero) is 3. The number of hydrogen-bond acceptors (Lipinski definition) is 7. The van der Waals surface area contributed by atoms with E-state index in [-0.39, 0.29) is 46.3 Å². The van der Waals surface area contributed by atoms with Crippen LogP contribution in [0, 0.1) is 34.0 Å². The largest absolute Gasteiger partial charge is 0.511 e. The number of benzene rings is 1. The van der Waals surface area contributed by atoms with Crippen molar-refractivity contribution in [3.05, 3.63) is 51.0 Å². The van der Waals surface area contributed by atoms with Gasteiger partial charge in [-0.05, 0) is 72.5 Å². The smallest absolute Gasteiger partial charge is 0.209 e. The number of aryl methyl sites for hydroxylation is 1.